The molecule has 1 unspecified atom stereocenters. The molecule has 5 nitrogen and oxygen atoms in total. The van der Waals surface area contributed by atoms with Crippen LogP contribution in [0.5, 0.6) is 0 Å². The molecule has 1 aromatic heterocycles. The molecule has 1 atom stereocenters. The summed E-state index contributed by atoms with van der Waals surface area (Å²) in [5.74, 6) is 1.51. The second-order valence-electron chi connectivity index (χ2n) is 4.05. The van der Waals surface area contributed by atoms with Crippen LogP contribution in [-0.2, 0) is 12.8 Å². The van der Waals surface area contributed by atoms with Gasteiger partial charge in [0.1, 0.15) is 0 Å². The minimum atomic E-state index is 0.379. The topological polar surface area (TPSA) is 54.2 Å². The van der Waals surface area contributed by atoms with Crippen molar-refractivity contribution in [2.45, 2.75) is 25.8 Å². The number of nitrogens with zero attached hydrogens (tertiary/aromatic N) is 3. The first-order valence-corrected chi connectivity index (χ1v) is 5.25. The molecule has 86 valence electrons. The zero-order chi connectivity index (χ0) is 11.3. The van der Waals surface area contributed by atoms with Crippen molar-refractivity contribution in [1.29, 1.82) is 0 Å². The van der Waals surface area contributed by atoms with E-state index in [0.717, 1.165) is 31.1 Å². The highest BCUT2D eigenvalue weighted by Crippen LogP contribution is 2.01. The van der Waals surface area contributed by atoms with Gasteiger partial charge in [-0.3, -0.25) is 0 Å². The minimum absolute atomic E-state index is 0.379. The summed E-state index contributed by atoms with van der Waals surface area (Å²) in [6.45, 7) is 3.03. The molecule has 0 aliphatic carbocycles. The molecule has 0 fully saturated rings. The van der Waals surface area contributed by atoms with Crippen LogP contribution in [0.4, 0.5) is 0 Å². The van der Waals surface area contributed by atoms with E-state index in [1.807, 2.05) is 21.1 Å². The van der Waals surface area contributed by atoms with Crippen molar-refractivity contribution in [2.75, 3.05) is 27.7 Å². The highest BCUT2D eigenvalue weighted by molar-refractivity contribution is 4.89. The molecule has 15 heavy (non-hydrogen) atoms. The Labute approximate surface area is 90.8 Å². The number of hydrogen-bond acceptors (Lipinski definition) is 5. The van der Waals surface area contributed by atoms with Gasteiger partial charge in [-0.15, -0.1) is 0 Å². The molecule has 0 aromatic carbocycles. The monoisotopic (exact) mass is 212 g/mol. The number of likely N-dealkylation sites (N-methyl/N-ethyl adjacent to an activating group) is 2. The van der Waals surface area contributed by atoms with E-state index in [1.54, 1.807) is 0 Å². The molecule has 1 N–H and O–H groups in total. The van der Waals surface area contributed by atoms with E-state index in [4.69, 9.17) is 4.52 Å². The molecule has 5 heteroatoms. The highest BCUT2D eigenvalue weighted by Gasteiger charge is 2.09. The zero-order valence-electron chi connectivity index (χ0n) is 9.95. The average molecular weight is 212 g/mol. The predicted octanol–water partition coefficient (Wildman–Crippen LogP) is 0.324. The highest BCUT2D eigenvalue weighted by atomic mass is 16.5. The van der Waals surface area contributed by atoms with Crippen LogP contribution in [0.15, 0.2) is 4.52 Å². The third kappa shape index (κ3) is 4.40. The summed E-state index contributed by atoms with van der Waals surface area (Å²) >= 11 is 0. The molecule has 0 saturated heterocycles. The Bertz CT molecular complexity index is 285. The first-order valence-electron chi connectivity index (χ1n) is 5.25. The zero-order valence-corrected chi connectivity index (χ0v) is 9.95. The van der Waals surface area contributed by atoms with Gasteiger partial charge in [0.25, 0.3) is 0 Å². The Balaban J connectivity index is 2.42. The maximum Gasteiger partial charge on any atom is 0.227 e. The van der Waals surface area contributed by atoms with E-state index in [0.29, 0.717) is 6.04 Å². The van der Waals surface area contributed by atoms with Gasteiger partial charge in [0.15, 0.2) is 5.82 Å². The molecular weight excluding hydrogens is 192 g/mol. The Morgan fingerprint density at radius 1 is 1.47 bits per heavy atom. The summed E-state index contributed by atoms with van der Waals surface area (Å²) in [6, 6.07) is 0.379. The Morgan fingerprint density at radius 2 is 2.20 bits per heavy atom. The maximum absolute atomic E-state index is 5.14. The van der Waals surface area contributed by atoms with E-state index in [-0.39, 0.29) is 0 Å². The molecule has 1 aromatic rings. The SMILES string of the molecule is CNC(C)Cc1noc(CCN(C)C)n1. The van der Waals surface area contributed by atoms with Crippen LogP contribution in [0.1, 0.15) is 18.6 Å². The van der Waals surface area contributed by atoms with Crippen molar-refractivity contribution >= 4 is 0 Å². The number of hydrogen-bond donors (Lipinski definition) is 1. The fraction of sp³-hybridized carbons (Fsp3) is 0.800. The molecule has 0 aliphatic heterocycles. The number of rotatable bonds is 6. The van der Waals surface area contributed by atoms with Gasteiger partial charge in [-0.05, 0) is 28.1 Å². The number of nitrogens with one attached hydrogen (secondary N) is 1. The smallest absolute Gasteiger partial charge is 0.227 e. The number of aromatic nitrogens is 2. The maximum atomic E-state index is 5.14. The predicted molar refractivity (Wildman–Crippen MR) is 58.8 cm³/mol. The Hall–Kier alpha value is -0.940. The molecule has 0 amide bonds. The van der Waals surface area contributed by atoms with E-state index >= 15 is 0 Å². The fourth-order valence-corrected chi connectivity index (χ4v) is 1.17. The van der Waals surface area contributed by atoms with Crippen LogP contribution in [-0.4, -0.2) is 48.8 Å². The summed E-state index contributed by atoms with van der Waals surface area (Å²) in [7, 11) is 5.98. The van der Waals surface area contributed by atoms with E-state index < -0.39 is 0 Å². The largest absolute Gasteiger partial charge is 0.339 e. The van der Waals surface area contributed by atoms with Crippen molar-refractivity contribution in [3.05, 3.63) is 11.7 Å². The van der Waals surface area contributed by atoms with Gasteiger partial charge in [0, 0.05) is 25.4 Å². The van der Waals surface area contributed by atoms with Crippen molar-refractivity contribution in [3.63, 3.8) is 0 Å². The van der Waals surface area contributed by atoms with Crippen LogP contribution in [0.2, 0.25) is 0 Å². The molecule has 1 rings (SSSR count). The summed E-state index contributed by atoms with van der Waals surface area (Å²) in [6.07, 6.45) is 1.62. The molecule has 0 spiro atoms. The van der Waals surface area contributed by atoms with Gasteiger partial charge in [0.05, 0.1) is 0 Å². The average Bonchev–Trinajstić information content (AvgIpc) is 2.62. The molecule has 0 radical (unpaired) electrons. The summed E-state index contributed by atoms with van der Waals surface area (Å²) in [5, 5.41) is 7.08. The van der Waals surface area contributed by atoms with Crippen molar-refractivity contribution in [2.24, 2.45) is 0 Å². The molecule has 0 saturated carbocycles. The summed E-state index contributed by atoms with van der Waals surface area (Å²) < 4.78 is 5.14. The van der Waals surface area contributed by atoms with Crippen LogP contribution in [0, 0.1) is 0 Å². The van der Waals surface area contributed by atoms with Crippen molar-refractivity contribution < 1.29 is 4.52 Å². The van der Waals surface area contributed by atoms with E-state index in [1.165, 1.54) is 0 Å². The van der Waals surface area contributed by atoms with Crippen LogP contribution in [0.3, 0.4) is 0 Å². The lowest BCUT2D eigenvalue weighted by Gasteiger charge is -2.05. The van der Waals surface area contributed by atoms with Gasteiger partial charge in [-0.1, -0.05) is 5.16 Å². The van der Waals surface area contributed by atoms with Crippen molar-refractivity contribution in [1.82, 2.24) is 20.4 Å². The lowest BCUT2D eigenvalue weighted by Crippen LogP contribution is -2.24. The van der Waals surface area contributed by atoms with Crippen molar-refractivity contribution in [3.8, 4) is 0 Å². The minimum Gasteiger partial charge on any atom is -0.339 e. The molecule has 1 heterocycles. The molecular formula is C10H20N4O. The first-order chi connectivity index (χ1) is 7.11. The first kappa shape index (κ1) is 12.1. The van der Waals surface area contributed by atoms with E-state index in [9.17, 15) is 0 Å². The van der Waals surface area contributed by atoms with Crippen LogP contribution in [0.25, 0.3) is 0 Å². The Morgan fingerprint density at radius 3 is 2.80 bits per heavy atom. The van der Waals surface area contributed by atoms with Crippen LogP contribution < -0.4 is 5.32 Å². The molecule has 0 aliphatic rings. The lowest BCUT2D eigenvalue weighted by molar-refractivity contribution is 0.341. The Kier molecular flexibility index (Phi) is 4.71. The molecule has 0 bridgehead atoms. The third-order valence-corrected chi connectivity index (χ3v) is 2.26. The standard InChI is InChI=1S/C10H20N4O/c1-8(11-2)7-9-12-10(15-13-9)5-6-14(3)4/h8,11H,5-7H2,1-4H3. The lowest BCUT2D eigenvalue weighted by atomic mass is 10.2. The normalized spacial score (nSPS) is 13.4. The van der Waals surface area contributed by atoms with Gasteiger partial charge in [-0.25, -0.2) is 0 Å². The fourth-order valence-electron chi connectivity index (χ4n) is 1.17. The van der Waals surface area contributed by atoms with Gasteiger partial charge >= 0.3 is 0 Å². The second kappa shape index (κ2) is 5.82. The van der Waals surface area contributed by atoms with Gasteiger partial charge in [-0.2, -0.15) is 4.98 Å². The van der Waals surface area contributed by atoms with Gasteiger partial charge in [0.2, 0.25) is 5.89 Å². The summed E-state index contributed by atoms with van der Waals surface area (Å²) in [4.78, 5) is 6.42. The van der Waals surface area contributed by atoms with Crippen LogP contribution >= 0.6 is 0 Å². The second-order valence-corrected chi connectivity index (χ2v) is 4.05. The quantitative estimate of drug-likeness (QED) is 0.736. The summed E-state index contributed by atoms with van der Waals surface area (Å²) in [5.41, 5.74) is 0. The van der Waals surface area contributed by atoms with Gasteiger partial charge < -0.3 is 14.7 Å². The van der Waals surface area contributed by atoms with E-state index in [2.05, 4.69) is 27.3 Å². The third-order valence-electron chi connectivity index (χ3n) is 2.26.